The molecule has 0 fully saturated rings. The van der Waals surface area contributed by atoms with Crippen molar-refractivity contribution in [3.05, 3.63) is 51.8 Å². The van der Waals surface area contributed by atoms with Crippen LogP contribution >= 0.6 is 0 Å². The minimum absolute atomic E-state index is 0.0745. The summed E-state index contributed by atoms with van der Waals surface area (Å²) in [6, 6.07) is 5.07. The van der Waals surface area contributed by atoms with Gasteiger partial charge in [0.1, 0.15) is 11.4 Å². The summed E-state index contributed by atoms with van der Waals surface area (Å²) in [5, 5.41) is 13.2. The Labute approximate surface area is 153 Å². The predicted octanol–water partition coefficient (Wildman–Crippen LogP) is 1.94. The molecule has 1 N–H and O–H groups in total. The van der Waals surface area contributed by atoms with Crippen LogP contribution in [0.2, 0.25) is 0 Å². The van der Waals surface area contributed by atoms with E-state index in [4.69, 9.17) is 9.47 Å². The van der Waals surface area contributed by atoms with Crippen LogP contribution in [0.15, 0.2) is 30.5 Å². The van der Waals surface area contributed by atoms with Crippen molar-refractivity contribution in [2.24, 2.45) is 7.05 Å². The number of rotatable bonds is 7. The highest BCUT2D eigenvalue weighted by molar-refractivity contribution is 5.99. The molecule has 10 heteroatoms. The molecule has 142 valence electrons. The van der Waals surface area contributed by atoms with Crippen molar-refractivity contribution in [3.8, 4) is 5.75 Å². The summed E-state index contributed by atoms with van der Waals surface area (Å²) < 4.78 is 11.4. The number of carbonyl (C=O) groups is 3. The van der Waals surface area contributed by atoms with E-state index < -0.39 is 23.4 Å². The number of ether oxygens (including phenoxy) is 2. The van der Waals surface area contributed by atoms with E-state index in [9.17, 15) is 24.5 Å². The minimum Gasteiger partial charge on any atom is -0.495 e. The number of nitrogens with zero attached hydrogens (tertiary/aromatic N) is 2. The second-order valence-corrected chi connectivity index (χ2v) is 5.55. The Hall–Kier alpha value is -3.69. The molecule has 0 atom stereocenters. The highest BCUT2D eigenvalue weighted by atomic mass is 16.6. The number of esters is 1. The molecule has 1 heterocycles. The molecule has 0 bridgehead atoms. The van der Waals surface area contributed by atoms with E-state index in [1.54, 1.807) is 7.05 Å². The number of hydrogen-bond acceptors (Lipinski definition) is 7. The van der Waals surface area contributed by atoms with Gasteiger partial charge in [0.2, 0.25) is 0 Å². The number of nitro groups is 1. The van der Waals surface area contributed by atoms with Crippen molar-refractivity contribution in [2.45, 2.75) is 6.92 Å². The number of carbonyl (C=O) groups excluding carboxylic acids is 3. The molecule has 10 nitrogen and oxygen atoms in total. The van der Waals surface area contributed by atoms with E-state index in [-0.39, 0.29) is 28.6 Å². The lowest BCUT2D eigenvalue weighted by Gasteiger charge is -2.10. The van der Waals surface area contributed by atoms with Gasteiger partial charge in [0.25, 0.3) is 11.6 Å². The topological polar surface area (TPSA) is 130 Å². The maximum atomic E-state index is 12.1. The van der Waals surface area contributed by atoms with Crippen LogP contribution in [0, 0.1) is 10.1 Å². The molecule has 1 aromatic heterocycles. The van der Waals surface area contributed by atoms with E-state index in [0.717, 1.165) is 6.07 Å². The van der Waals surface area contributed by atoms with Gasteiger partial charge < -0.3 is 19.4 Å². The number of amides is 1. The third-order valence-electron chi connectivity index (χ3n) is 3.62. The molecule has 1 aromatic carbocycles. The van der Waals surface area contributed by atoms with Gasteiger partial charge in [0, 0.05) is 30.9 Å². The number of nitro benzene ring substituents is 1. The summed E-state index contributed by atoms with van der Waals surface area (Å²) in [7, 11) is 2.91. The number of aryl methyl sites for hydroxylation is 1. The van der Waals surface area contributed by atoms with Crippen LogP contribution in [-0.2, 0) is 16.6 Å². The van der Waals surface area contributed by atoms with Gasteiger partial charge in [-0.15, -0.1) is 0 Å². The minimum atomic E-state index is -0.786. The predicted molar refractivity (Wildman–Crippen MR) is 94.0 cm³/mol. The third kappa shape index (κ3) is 4.69. The lowest BCUT2D eigenvalue weighted by molar-refractivity contribution is -0.384. The van der Waals surface area contributed by atoms with Gasteiger partial charge in [-0.25, -0.2) is 4.79 Å². The van der Waals surface area contributed by atoms with Crippen LogP contribution in [0.1, 0.15) is 27.8 Å². The first-order valence-electron chi connectivity index (χ1n) is 7.69. The number of non-ortho nitro benzene ring substituents is 1. The van der Waals surface area contributed by atoms with Gasteiger partial charge in [-0.2, -0.15) is 0 Å². The normalized spacial score (nSPS) is 10.2. The van der Waals surface area contributed by atoms with Gasteiger partial charge in [-0.05, 0) is 19.1 Å². The van der Waals surface area contributed by atoms with Gasteiger partial charge in [-0.3, -0.25) is 19.7 Å². The number of nitrogens with one attached hydrogen (secondary N) is 1. The molecule has 2 aromatic rings. The first kappa shape index (κ1) is 19.6. The molecule has 0 radical (unpaired) electrons. The fraction of sp³-hybridized carbons (Fsp3) is 0.235. The number of methoxy groups -OCH3 is 1. The van der Waals surface area contributed by atoms with Gasteiger partial charge in [-0.1, -0.05) is 0 Å². The molecule has 27 heavy (non-hydrogen) atoms. The number of hydrogen-bond donors (Lipinski definition) is 1. The Morgan fingerprint density at radius 2 is 1.96 bits per heavy atom. The fourth-order valence-electron chi connectivity index (χ4n) is 2.26. The Morgan fingerprint density at radius 1 is 1.26 bits per heavy atom. The van der Waals surface area contributed by atoms with E-state index >= 15 is 0 Å². The van der Waals surface area contributed by atoms with Gasteiger partial charge in [0.05, 0.1) is 17.7 Å². The zero-order valence-electron chi connectivity index (χ0n) is 14.8. The van der Waals surface area contributed by atoms with Crippen molar-refractivity contribution in [3.63, 3.8) is 0 Å². The standard InChI is InChI=1S/C17H17N3O7/c1-10(21)11-6-14(19(2)8-11)17(23)27-9-16(22)18-13-7-12(20(24)25)4-5-15(13)26-3/h4-8H,9H2,1-3H3,(H,18,22). The summed E-state index contributed by atoms with van der Waals surface area (Å²) in [6.07, 6.45) is 1.48. The van der Waals surface area contributed by atoms with Crippen molar-refractivity contribution < 1.29 is 28.8 Å². The maximum Gasteiger partial charge on any atom is 0.355 e. The van der Waals surface area contributed by atoms with E-state index in [1.807, 2.05) is 0 Å². The lowest BCUT2D eigenvalue weighted by Crippen LogP contribution is -2.22. The van der Waals surface area contributed by atoms with Crippen LogP contribution < -0.4 is 10.1 Å². The van der Waals surface area contributed by atoms with Crippen molar-refractivity contribution in [1.29, 1.82) is 0 Å². The van der Waals surface area contributed by atoms with Crippen molar-refractivity contribution in [1.82, 2.24) is 4.57 Å². The van der Waals surface area contributed by atoms with Crippen molar-refractivity contribution in [2.75, 3.05) is 19.0 Å². The Morgan fingerprint density at radius 3 is 2.52 bits per heavy atom. The molecule has 0 saturated heterocycles. The molecule has 0 aliphatic heterocycles. The number of Topliss-reactive ketones (excluding diaryl/α,β-unsaturated/α-hetero) is 1. The Balaban J connectivity index is 2.04. The largest absolute Gasteiger partial charge is 0.495 e. The second-order valence-electron chi connectivity index (χ2n) is 5.55. The molecule has 1 amide bonds. The molecule has 2 rings (SSSR count). The molecule has 0 aliphatic rings. The fourth-order valence-corrected chi connectivity index (χ4v) is 2.26. The van der Waals surface area contributed by atoms with Crippen LogP contribution in [0.25, 0.3) is 0 Å². The summed E-state index contributed by atoms with van der Waals surface area (Å²) >= 11 is 0. The zero-order valence-corrected chi connectivity index (χ0v) is 14.8. The average molecular weight is 375 g/mol. The number of aromatic nitrogens is 1. The van der Waals surface area contributed by atoms with Gasteiger partial charge in [0.15, 0.2) is 12.4 Å². The van der Waals surface area contributed by atoms with E-state index in [0.29, 0.717) is 5.56 Å². The number of ketones is 1. The summed E-state index contributed by atoms with van der Waals surface area (Å²) in [5.74, 6) is -1.48. The maximum absolute atomic E-state index is 12.1. The molecule has 0 spiro atoms. The molecule has 0 unspecified atom stereocenters. The molecular formula is C17H17N3O7. The van der Waals surface area contributed by atoms with E-state index in [2.05, 4.69) is 5.32 Å². The van der Waals surface area contributed by atoms with Crippen LogP contribution in [0.3, 0.4) is 0 Å². The van der Waals surface area contributed by atoms with Crippen LogP contribution in [-0.4, -0.2) is 40.9 Å². The summed E-state index contributed by atoms with van der Waals surface area (Å²) in [5.41, 5.74) is 0.297. The highest BCUT2D eigenvalue weighted by Crippen LogP contribution is 2.28. The monoisotopic (exact) mass is 375 g/mol. The first-order chi connectivity index (χ1) is 12.7. The summed E-state index contributed by atoms with van der Waals surface area (Å²) in [6.45, 7) is 0.746. The first-order valence-corrected chi connectivity index (χ1v) is 7.69. The van der Waals surface area contributed by atoms with Gasteiger partial charge >= 0.3 is 5.97 Å². The zero-order chi connectivity index (χ0) is 20.1. The molecule has 0 aliphatic carbocycles. The average Bonchev–Trinajstić information content (AvgIpc) is 3.01. The highest BCUT2D eigenvalue weighted by Gasteiger charge is 2.18. The number of anilines is 1. The molecular weight excluding hydrogens is 358 g/mol. The number of benzene rings is 1. The smallest absolute Gasteiger partial charge is 0.355 e. The van der Waals surface area contributed by atoms with Crippen LogP contribution in [0.4, 0.5) is 11.4 Å². The Kier molecular flexibility index (Phi) is 5.91. The SMILES string of the molecule is COc1ccc([N+](=O)[O-])cc1NC(=O)COC(=O)c1cc(C(C)=O)cn1C. The van der Waals surface area contributed by atoms with Crippen molar-refractivity contribution >= 4 is 29.0 Å². The summed E-state index contributed by atoms with van der Waals surface area (Å²) in [4.78, 5) is 45.7. The molecule has 0 saturated carbocycles. The quantitative estimate of drug-likeness (QED) is 0.339. The van der Waals surface area contributed by atoms with Crippen LogP contribution in [0.5, 0.6) is 5.75 Å². The second kappa shape index (κ2) is 8.13. The van der Waals surface area contributed by atoms with E-state index in [1.165, 1.54) is 43.0 Å². The third-order valence-corrected chi connectivity index (χ3v) is 3.62. The lowest BCUT2D eigenvalue weighted by atomic mass is 10.2. The Bertz CT molecular complexity index is 917.